The summed E-state index contributed by atoms with van der Waals surface area (Å²) in [6, 6.07) is 7.72. The average Bonchev–Trinajstić information content (AvgIpc) is 2.41. The van der Waals surface area contributed by atoms with Gasteiger partial charge in [0.05, 0.1) is 12.7 Å². The second-order valence-corrected chi connectivity index (χ2v) is 5.11. The molecule has 0 saturated carbocycles. The van der Waals surface area contributed by atoms with Gasteiger partial charge in [0.25, 0.3) is 0 Å². The Morgan fingerprint density at radius 1 is 1.33 bits per heavy atom. The summed E-state index contributed by atoms with van der Waals surface area (Å²) in [5, 5.41) is 0. The van der Waals surface area contributed by atoms with Crippen molar-refractivity contribution in [3.63, 3.8) is 0 Å². The number of carbonyl (C=O) groups is 1. The quantitative estimate of drug-likeness (QED) is 0.769. The summed E-state index contributed by atoms with van der Waals surface area (Å²) in [6.45, 7) is 5.39. The van der Waals surface area contributed by atoms with Crippen molar-refractivity contribution in [3.05, 3.63) is 35.4 Å². The van der Waals surface area contributed by atoms with E-state index >= 15 is 0 Å². The maximum atomic E-state index is 11.7. The molecule has 0 aliphatic carbocycles. The van der Waals surface area contributed by atoms with Crippen molar-refractivity contribution in [2.45, 2.75) is 26.3 Å². The zero-order valence-corrected chi connectivity index (χ0v) is 11.2. The molecular formula is C15H21NO2. The molecule has 1 saturated heterocycles. The van der Waals surface area contributed by atoms with Gasteiger partial charge in [0.15, 0.2) is 0 Å². The molecule has 0 N–H and O–H groups in total. The fraction of sp³-hybridized carbons (Fsp3) is 0.533. The van der Waals surface area contributed by atoms with Crippen molar-refractivity contribution in [1.29, 1.82) is 0 Å². The van der Waals surface area contributed by atoms with Crippen LogP contribution in [0.15, 0.2) is 24.3 Å². The molecule has 0 bridgehead atoms. The van der Waals surface area contributed by atoms with Crippen molar-refractivity contribution in [3.8, 4) is 0 Å². The molecular weight excluding hydrogens is 226 g/mol. The summed E-state index contributed by atoms with van der Waals surface area (Å²) >= 11 is 0. The number of hydrogen-bond donors (Lipinski definition) is 0. The van der Waals surface area contributed by atoms with Gasteiger partial charge < -0.3 is 4.74 Å². The van der Waals surface area contributed by atoms with E-state index in [1.807, 2.05) is 24.3 Å². The summed E-state index contributed by atoms with van der Waals surface area (Å²) in [6.07, 6.45) is 2.50. The molecule has 0 unspecified atom stereocenters. The van der Waals surface area contributed by atoms with Crippen LogP contribution in [-0.2, 0) is 11.3 Å². The van der Waals surface area contributed by atoms with E-state index < -0.39 is 0 Å². The third kappa shape index (κ3) is 3.10. The smallest absolute Gasteiger partial charge is 0.338 e. The Morgan fingerprint density at radius 3 is 2.67 bits per heavy atom. The molecule has 1 aromatic carbocycles. The number of hydrogen-bond acceptors (Lipinski definition) is 3. The molecule has 18 heavy (non-hydrogen) atoms. The molecule has 1 fully saturated rings. The number of esters is 1. The van der Waals surface area contributed by atoms with Gasteiger partial charge in [-0.2, -0.15) is 0 Å². The molecule has 1 aliphatic rings. The number of carbonyl (C=O) groups excluding carboxylic acids is 1. The normalized spacial score (nSPS) is 17.7. The van der Waals surface area contributed by atoms with E-state index in [4.69, 9.17) is 4.74 Å². The van der Waals surface area contributed by atoms with Gasteiger partial charge in [-0.15, -0.1) is 0 Å². The lowest BCUT2D eigenvalue weighted by molar-refractivity contribution is 0.0597. The van der Waals surface area contributed by atoms with E-state index in [0.717, 1.165) is 31.1 Å². The van der Waals surface area contributed by atoms with Gasteiger partial charge in [0, 0.05) is 6.54 Å². The fourth-order valence-electron chi connectivity index (χ4n) is 2.43. The largest absolute Gasteiger partial charge is 0.465 e. The highest BCUT2D eigenvalue weighted by Crippen LogP contribution is 2.19. The van der Waals surface area contributed by atoms with Gasteiger partial charge in [-0.1, -0.05) is 25.1 Å². The van der Waals surface area contributed by atoms with Crippen molar-refractivity contribution < 1.29 is 9.53 Å². The molecule has 1 heterocycles. The van der Waals surface area contributed by atoms with Crippen LogP contribution in [-0.4, -0.2) is 31.1 Å². The number of methoxy groups -OCH3 is 1. The van der Waals surface area contributed by atoms with E-state index in [1.165, 1.54) is 20.0 Å². The molecule has 0 amide bonds. The van der Waals surface area contributed by atoms with Gasteiger partial charge >= 0.3 is 5.97 Å². The first kappa shape index (κ1) is 13.1. The summed E-state index contributed by atoms with van der Waals surface area (Å²) in [7, 11) is 1.43. The number of nitrogens with zero attached hydrogens (tertiary/aromatic N) is 1. The van der Waals surface area contributed by atoms with Crippen molar-refractivity contribution in [2.24, 2.45) is 5.92 Å². The predicted molar refractivity (Wildman–Crippen MR) is 71.5 cm³/mol. The lowest BCUT2D eigenvalue weighted by atomic mass is 9.98. The molecule has 98 valence electrons. The van der Waals surface area contributed by atoms with E-state index in [1.54, 1.807) is 0 Å². The van der Waals surface area contributed by atoms with Crippen LogP contribution in [0.1, 0.15) is 35.7 Å². The SMILES string of the molecule is COC(=O)c1ccccc1CN1CCC(C)CC1. The van der Waals surface area contributed by atoms with Crippen LogP contribution in [0.3, 0.4) is 0 Å². The zero-order chi connectivity index (χ0) is 13.0. The highest BCUT2D eigenvalue weighted by atomic mass is 16.5. The lowest BCUT2D eigenvalue weighted by Crippen LogP contribution is -2.32. The van der Waals surface area contributed by atoms with Crippen LogP contribution in [0, 0.1) is 5.92 Å². The van der Waals surface area contributed by atoms with E-state index in [2.05, 4.69) is 11.8 Å². The summed E-state index contributed by atoms with van der Waals surface area (Å²) in [5.41, 5.74) is 1.76. The van der Waals surface area contributed by atoms with Crippen LogP contribution in [0.5, 0.6) is 0 Å². The average molecular weight is 247 g/mol. The Kier molecular flexibility index (Phi) is 4.37. The minimum atomic E-state index is -0.240. The number of benzene rings is 1. The predicted octanol–water partition coefficient (Wildman–Crippen LogP) is 2.71. The first-order valence-electron chi connectivity index (χ1n) is 6.59. The topological polar surface area (TPSA) is 29.5 Å². The molecule has 0 radical (unpaired) electrons. The lowest BCUT2D eigenvalue weighted by Gasteiger charge is -2.30. The van der Waals surface area contributed by atoms with E-state index in [0.29, 0.717) is 5.56 Å². The van der Waals surface area contributed by atoms with Crippen LogP contribution in [0.2, 0.25) is 0 Å². The molecule has 0 aromatic heterocycles. The van der Waals surface area contributed by atoms with Crippen molar-refractivity contribution in [1.82, 2.24) is 4.90 Å². The molecule has 2 rings (SSSR count). The first-order valence-corrected chi connectivity index (χ1v) is 6.59. The fourth-order valence-corrected chi connectivity index (χ4v) is 2.43. The number of likely N-dealkylation sites (tertiary alicyclic amines) is 1. The molecule has 1 aromatic rings. The van der Waals surface area contributed by atoms with Crippen LogP contribution in [0.25, 0.3) is 0 Å². The van der Waals surface area contributed by atoms with Gasteiger partial charge in [-0.3, -0.25) is 4.90 Å². The van der Waals surface area contributed by atoms with Crippen LogP contribution in [0.4, 0.5) is 0 Å². The summed E-state index contributed by atoms with van der Waals surface area (Å²) in [4.78, 5) is 14.1. The number of piperidine rings is 1. The maximum absolute atomic E-state index is 11.7. The van der Waals surface area contributed by atoms with Gasteiger partial charge in [-0.05, 0) is 43.5 Å². The molecule has 3 nitrogen and oxygen atoms in total. The third-order valence-corrected chi connectivity index (χ3v) is 3.69. The minimum absolute atomic E-state index is 0.240. The number of ether oxygens (including phenoxy) is 1. The number of rotatable bonds is 3. The van der Waals surface area contributed by atoms with Crippen LogP contribution >= 0.6 is 0 Å². The zero-order valence-electron chi connectivity index (χ0n) is 11.2. The molecule has 0 atom stereocenters. The van der Waals surface area contributed by atoms with Gasteiger partial charge in [-0.25, -0.2) is 4.79 Å². The van der Waals surface area contributed by atoms with E-state index in [-0.39, 0.29) is 5.97 Å². The Balaban J connectivity index is 2.07. The Labute approximate surface area is 109 Å². The summed E-state index contributed by atoms with van der Waals surface area (Å²) in [5.74, 6) is 0.591. The second kappa shape index (κ2) is 6.01. The minimum Gasteiger partial charge on any atom is -0.465 e. The Bertz CT molecular complexity index is 409. The standard InChI is InChI=1S/C15H21NO2/c1-12-7-9-16(10-8-12)11-13-5-3-4-6-14(13)15(17)18-2/h3-6,12H,7-11H2,1-2H3. The van der Waals surface area contributed by atoms with Crippen molar-refractivity contribution in [2.75, 3.05) is 20.2 Å². The van der Waals surface area contributed by atoms with E-state index in [9.17, 15) is 4.79 Å². The van der Waals surface area contributed by atoms with Gasteiger partial charge in [0.1, 0.15) is 0 Å². The third-order valence-electron chi connectivity index (χ3n) is 3.69. The summed E-state index contributed by atoms with van der Waals surface area (Å²) < 4.78 is 4.83. The van der Waals surface area contributed by atoms with Gasteiger partial charge in [0.2, 0.25) is 0 Å². The maximum Gasteiger partial charge on any atom is 0.338 e. The molecule has 1 aliphatic heterocycles. The van der Waals surface area contributed by atoms with Crippen LogP contribution < -0.4 is 0 Å². The Hall–Kier alpha value is -1.35. The first-order chi connectivity index (χ1) is 8.70. The molecule has 3 heteroatoms. The highest BCUT2D eigenvalue weighted by molar-refractivity contribution is 5.90. The highest BCUT2D eigenvalue weighted by Gasteiger charge is 2.18. The van der Waals surface area contributed by atoms with Crippen molar-refractivity contribution >= 4 is 5.97 Å². The molecule has 0 spiro atoms. The second-order valence-electron chi connectivity index (χ2n) is 5.11. The monoisotopic (exact) mass is 247 g/mol. The Morgan fingerprint density at radius 2 is 2.00 bits per heavy atom.